The van der Waals surface area contributed by atoms with E-state index in [4.69, 9.17) is 0 Å². The highest BCUT2D eigenvalue weighted by Gasteiger charge is 2.27. The molecule has 0 radical (unpaired) electrons. The Kier molecular flexibility index (Phi) is 3.34. The van der Waals surface area contributed by atoms with Crippen LogP contribution >= 0.6 is 0 Å². The van der Waals surface area contributed by atoms with Gasteiger partial charge in [-0.1, -0.05) is 24.3 Å². The first-order valence-corrected chi connectivity index (χ1v) is 9.00. The minimum Gasteiger partial charge on any atom is -0.361 e. The number of aromatic amines is 2. The molecule has 0 bridgehead atoms. The molecule has 1 amide bonds. The number of anilines is 1. The molecule has 0 spiro atoms. The van der Waals surface area contributed by atoms with Crippen molar-refractivity contribution in [3.8, 4) is 11.1 Å². The van der Waals surface area contributed by atoms with Crippen molar-refractivity contribution in [2.24, 2.45) is 0 Å². The van der Waals surface area contributed by atoms with Gasteiger partial charge in [-0.25, -0.2) is 0 Å². The maximum absolute atomic E-state index is 12.7. The summed E-state index contributed by atoms with van der Waals surface area (Å²) in [4.78, 5) is 19.3. The second kappa shape index (κ2) is 5.74. The number of H-pyrrole nitrogens is 2. The lowest BCUT2D eigenvalue weighted by Gasteiger charge is -2.09. The Hall–Kier alpha value is -3.53. The van der Waals surface area contributed by atoms with Crippen molar-refractivity contribution in [2.75, 3.05) is 5.32 Å². The zero-order valence-electron chi connectivity index (χ0n) is 15.2. The fourth-order valence-corrected chi connectivity index (χ4v) is 3.89. The van der Waals surface area contributed by atoms with Crippen LogP contribution in [0.3, 0.4) is 0 Å². The van der Waals surface area contributed by atoms with Gasteiger partial charge in [0.15, 0.2) is 0 Å². The number of benzene rings is 2. The highest BCUT2D eigenvalue weighted by Crippen LogP contribution is 2.41. The smallest absolute Gasteiger partial charge is 0.256 e. The summed E-state index contributed by atoms with van der Waals surface area (Å²) in [6.45, 7) is 4.07. The third-order valence-corrected chi connectivity index (χ3v) is 5.17. The van der Waals surface area contributed by atoms with Gasteiger partial charge in [0.25, 0.3) is 5.91 Å². The lowest BCUT2D eigenvalue weighted by Crippen LogP contribution is -2.03. The number of fused-ring (bicyclic) bond motifs is 2. The van der Waals surface area contributed by atoms with E-state index in [0.29, 0.717) is 5.57 Å². The van der Waals surface area contributed by atoms with Crippen LogP contribution in [0.2, 0.25) is 0 Å². The molecule has 4 heteroatoms. The maximum atomic E-state index is 12.7. The summed E-state index contributed by atoms with van der Waals surface area (Å²) in [6.07, 6.45) is 3.90. The molecule has 1 aliphatic rings. The summed E-state index contributed by atoms with van der Waals surface area (Å²) in [5.74, 6) is -0.0648. The third kappa shape index (κ3) is 2.49. The van der Waals surface area contributed by atoms with Gasteiger partial charge in [-0.05, 0) is 66.3 Å². The molecular weight excluding hydrogens is 334 g/mol. The van der Waals surface area contributed by atoms with Crippen LogP contribution in [0, 0.1) is 13.8 Å². The Morgan fingerprint density at radius 1 is 1.00 bits per heavy atom. The summed E-state index contributed by atoms with van der Waals surface area (Å²) < 4.78 is 0. The van der Waals surface area contributed by atoms with Crippen LogP contribution in [-0.4, -0.2) is 15.9 Å². The average molecular weight is 353 g/mol. The van der Waals surface area contributed by atoms with Crippen LogP contribution in [-0.2, 0) is 4.79 Å². The normalized spacial score (nSPS) is 14.7. The first kappa shape index (κ1) is 15.7. The highest BCUT2D eigenvalue weighted by atomic mass is 16.2. The largest absolute Gasteiger partial charge is 0.361 e. The summed E-state index contributed by atoms with van der Waals surface area (Å²) in [5.41, 5.74) is 8.92. The van der Waals surface area contributed by atoms with Gasteiger partial charge in [0.05, 0.1) is 5.57 Å². The van der Waals surface area contributed by atoms with Crippen molar-refractivity contribution in [3.05, 3.63) is 77.2 Å². The van der Waals surface area contributed by atoms with Gasteiger partial charge in [0.2, 0.25) is 0 Å². The van der Waals surface area contributed by atoms with Crippen molar-refractivity contribution >= 4 is 34.1 Å². The van der Waals surface area contributed by atoms with E-state index in [1.54, 1.807) is 0 Å². The molecule has 0 saturated carbocycles. The third-order valence-electron chi connectivity index (χ3n) is 5.17. The standard InChI is InChI=1S/C23H19N3O/c1-13-10-14(2)25-20(13)12-18-22-17(4-3-5-19(22)26-23(18)27)16-7-6-15-8-9-24-21(15)11-16/h3-12,24-25H,1-2H3,(H,26,27)/b18-12-. The maximum Gasteiger partial charge on any atom is 0.256 e. The second-order valence-electron chi connectivity index (χ2n) is 7.07. The summed E-state index contributed by atoms with van der Waals surface area (Å²) >= 11 is 0. The minimum atomic E-state index is -0.0648. The first-order valence-electron chi connectivity index (χ1n) is 9.00. The Morgan fingerprint density at radius 3 is 2.70 bits per heavy atom. The van der Waals surface area contributed by atoms with E-state index in [-0.39, 0.29) is 5.91 Å². The monoisotopic (exact) mass is 353 g/mol. The van der Waals surface area contributed by atoms with Crippen LogP contribution in [0.4, 0.5) is 5.69 Å². The number of amides is 1. The number of nitrogens with one attached hydrogen (secondary N) is 3. The molecular formula is C23H19N3O. The number of aryl methyl sites for hydroxylation is 2. The zero-order valence-corrected chi connectivity index (χ0v) is 15.2. The number of carbonyl (C=O) groups excluding carboxylic acids is 1. The average Bonchev–Trinajstić information content (AvgIpc) is 3.32. The van der Waals surface area contributed by atoms with E-state index in [0.717, 1.165) is 44.8 Å². The van der Waals surface area contributed by atoms with Gasteiger partial charge >= 0.3 is 0 Å². The summed E-state index contributed by atoms with van der Waals surface area (Å²) in [7, 11) is 0. The highest BCUT2D eigenvalue weighted by molar-refractivity contribution is 6.36. The number of hydrogen-bond acceptors (Lipinski definition) is 1. The minimum absolute atomic E-state index is 0.0648. The Bertz CT molecular complexity index is 1240. The first-order chi connectivity index (χ1) is 13.1. The SMILES string of the molecule is Cc1cc(C)c(/C=C2\C(=O)Nc3cccc(-c4ccc5cc[nH]c5c4)c32)[nH]1. The van der Waals surface area contributed by atoms with E-state index in [1.807, 2.05) is 31.3 Å². The molecule has 27 heavy (non-hydrogen) atoms. The fraction of sp³-hybridized carbons (Fsp3) is 0.0870. The Labute approximate surface area is 156 Å². The molecule has 2 aromatic carbocycles. The molecule has 1 aliphatic heterocycles. The van der Waals surface area contributed by atoms with Crippen molar-refractivity contribution in [3.63, 3.8) is 0 Å². The molecule has 0 aliphatic carbocycles. The molecule has 2 aromatic heterocycles. The van der Waals surface area contributed by atoms with Crippen LogP contribution in [0.15, 0.2) is 54.7 Å². The summed E-state index contributed by atoms with van der Waals surface area (Å²) in [6, 6.07) is 16.5. The van der Waals surface area contributed by atoms with Gasteiger partial charge in [0.1, 0.15) is 0 Å². The number of rotatable bonds is 2. The van der Waals surface area contributed by atoms with Crippen molar-refractivity contribution in [1.82, 2.24) is 9.97 Å². The molecule has 0 unspecified atom stereocenters. The van der Waals surface area contributed by atoms with E-state index in [1.165, 1.54) is 5.39 Å². The number of carbonyl (C=O) groups is 1. The predicted molar refractivity (Wildman–Crippen MR) is 111 cm³/mol. The van der Waals surface area contributed by atoms with E-state index < -0.39 is 0 Å². The molecule has 0 atom stereocenters. The molecule has 0 saturated heterocycles. The van der Waals surface area contributed by atoms with Gasteiger partial charge in [0, 0.05) is 34.4 Å². The molecule has 3 heterocycles. The van der Waals surface area contributed by atoms with Crippen molar-refractivity contribution in [2.45, 2.75) is 13.8 Å². The van der Waals surface area contributed by atoms with Gasteiger partial charge in [-0.15, -0.1) is 0 Å². The van der Waals surface area contributed by atoms with Gasteiger partial charge in [-0.2, -0.15) is 0 Å². The van der Waals surface area contributed by atoms with Crippen LogP contribution in [0.5, 0.6) is 0 Å². The topological polar surface area (TPSA) is 60.7 Å². The van der Waals surface area contributed by atoms with Crippen LogP contribution in [0.1, 0.15) is 22.5 Å². The Balaban J connectivity index is 1.72. The molecule has 0 fully saturated rings. The molecule has 4 aromatic rings. The van der Waals surface area contributed by atoms with Gasteiger partial charge in [-0.3, -0.25) is 4.79 Å². The molecule has 5 rings (SSSR count). The fourth-order valence-electron chi connectivity index (χ4n) is 3.89. The summed E-state index contributed by atoms with van der Waals surface area (Å²) in [5, 5.41) is 4.18. The Morgan fingerprint density at radius 2 is 1.89 bits per heavy atom. The lowest BCUT2D eigenvalue weighted by molar-refractivity contribution is -0.110. The second-order valence-corrected chi connectivity index (χ2v) is 7.07. The zero-order chi connectivity index (χ0) is 18.5. The molecule has 4 nitrogen and oxygen atoms in total. The predicted octanol–water partition coefficient (Wildman–Crippen LogP) is 5.27. The van der Waals surface area contributed by atoms with Crippen molar-refractivity contribution in [1.29, 1.82) is 0 Å². The number of aromatic nitrogens is 2. The number of hydrogen-bond donors (Lipinski definition) is 3. The van der Waals surface area contributed by atoms with Crippen LogP contribution in [0.25, 0.3) is 33.7 Å². The van der Waals surface area contributed by atoms with E-state index in [2.05, 4.69) is 58.6 Å². The van der Waals surface area contributed by atoms with Gasteiger partial charge < -0.3 is 15.3 Å². The quantitative estimate of drug-likeness (QED) is 0.422. The van der Waals surface area contributed by atoms with E-state index in [9.17, 15) is 4.79 Å². The molecule has 3 N–H and O–H groups in total. The lowest BCUT2D eigenvalue weighted by atomic mass is 9.94. The molecule has 132 valence electrons. The van der Waals surface area contributed by atoms with Crippen LogP contribution < -0.4 is 5.32 Å². The van der Waals surface area contributed by atoms with Crippen molar-refractivity contribution < 1.29 is 4.79 Å². The van der Waals surface area contributed by atoms with E-state index >= 15 is 0 Å².